The quantitative estimate of drug-likeness (QED) is 0.668. The van der Waals surface area contributed by atoms with E-state index < -0.39 is 29.7 Å². The normalized spacial score (nSPS) is 12.2. The van der Waals surface area contributed by atoms with Gasteiger partial charge in [0.25, 0.3) is 6.43 Å². The molecule has 0 fully saturated rings. The molecule has 0 radical (unpaired) electrons. The minimum atomic E-state index is -4.83. The number of hydrogen-bond donors (Lipinski definition) is 1. The van der Waals surface area contributed by atoms with Crippen LogP contribution in [0.1, 0.15) is 23.4 Å². The predicted molar refractivity (Wildman–Crippen MR) is 48.5 cm³/mol. The molecule has 90 valence electrons. The molecule has 0 aliphatic carbocycles. The fraction of sp³-hybridized carbons (Fsp3) is 0.375. The average molecular weight is 306 g/mol. The summed E-state index contributed by atoms with van der Waals surface area (Å²) in [7, 11) is 0. The highest BCUT2D eigenvalue weighted by Gasteiger charge is 2.35. The average Bonchev–Trinajstić information content (AvgIpc) is 2.15. The Morgan fingerprint density at radius 2 is 1.94 bits per heavy atom. The van der Waals surface area contributed by atoms with Crippen LogP contribution in [-0.2, 0) is 11.5 Å². The highest BCUT2D eigenvalue weighted by atomic mass is 79.9. The number of nitrogens with zero attached hydrogens (tertiary/aromatic N) is 1. The first-order chi connectivity index (χ1) is 7.27. The lowest BCUT2D eigenvalue weighted by Crippen LogP contribution is -2.11. The predicted octanol–water partition coefficient (Wildman–Crippen LogP) is 3.64. The molecular formula is C8H5BrF5NO. The summed E-state index contributed by atoms with van der Waals surface area (Å²) in [5.41, 5.74) is -2.99. The molecule has 1 rings (SSSR count). The lowest BCUT2D eigenvalue weighted by molar-refractivity contribution is -0.141. The number of rotatable bonds is 2. The molecule has 0 atom stereocenters. The fourth-order valence-corrected chi connectivity index (χ4v) is 1.44. The molecule has 1 N–H and O–H groups in total. The van der Waals surface area contributed by atoms with Gasteiger partial charge in [0.1, 0.15) is 17.1 Å². The zero-order valence-electron chi connectivity index (χ0n) is 7.52. The molecular weight excluding hydrogens is 301 g/mol. The third-order valence-electron chi connectivity index (χ3n) is 1.74. The maximum absolute atomic E-state index is 12.3. The molecule has 0 spiro atoms. The second kappa shape index (κ2) is 4.52. The highest BCUT2D eigenvalue weighted by molar-refractivity contribution is 9.08. The van der Waals surface area contributed by atoms with E-state index in [1.54, 1.807) is 0 Å². The first-order valence-electron chi connectivity index (χ1n) is 3.91. The van der Waals surface area contributed by atoms with Gasteiger partial charge in [0.05, 0.1) is 0 Å². The van der Waals surface area contributed by atoms with Gasteiger partial charge in [0, 0.05) is 10.9 Å². The van der Waals surface area contributed by atoms with Crippen LogP contribution in [0.2, 0.25) is 0 Å². The zero-order chi connectivity index (χ0) is 12.5. The van der Waals surface area contributed by atoms with Gasteiger partial charge < -0.3 is 5.11 Å². The Hall–Kier alpha value is -0.920. The first kappa shape index (κ1) is 13.1. The Morgan fingerprint density at radius 1 is 1.38 bits per heavy atom. The molecule has 0 aliphatic rings. The van der Waals surface area contributed by atoms with E-state index in [1.807, 2.05) is 0 Å². The number of aromatic hydroxyl groups is 1. The molecule has 8 heteroatoms. The van der Waals surface area contributed by atoms with Gasteiger partial charge in [-0.05, 0) is 6.07 Å². The molecule has 0 saturated carbocycles. The molecule has 1 aromatic rings. The Morgan fingerprint density at radius 3 is 2.31 bits per heavy atom. The van der Waals surface area contributed by atoms with Crippen LogP contribution in [0.3, 0.4) is 0 Å². The standard InChI is InChI=1S/C8H5BrF5NO/c9-2-3-1-4(8(12,13)14)15-5(6(3)16)7(10)11/h1,7,16H,2H2. The van der Waals surface area contributed by atoms with Gasteiger partial charge in [-0.15, -0.1) is 0 Å². The second-order valence-corrected chi connectivity index (χ2v) is 3.39. The molecule has 0 bridgehead atoms. The summed E-state index contributed by atoms with van der Waals surface area (Å²) in [4.78, 5) is 2.71. The van der Waals surface area contributed by atoms with Crippen LogP contribution in [0.15, 0.2) is 6.07 Å². The van der Waals surface area contributed by atoms with Gasteiger partial charge in [0.2, 0.25) is 0 Å². The Balaban J connectivity index is 3.40. The van der Waals surface area contributed by atoms with E-state index in [1.165, 1.54) is 0 Å². The monoisotopic (exact) mass is 305 g/mol. The summed E-state index contributed by atoms with van der Waals surface area (Å²) in [5, 5.41) is 9.03. The summed E-state index contributed by atoms with van der Waals surface area (Å²) in [5.74, 6) is -0.917. The summed E-state index contributed by atoms with van der Waals surface area (Å²) in [6, 6.07) is 0.524. The van der Waals surface area contributed by atoms with E-state index >= 15 is 0 Å². The van der Waals surface area contributed by atoms with Gasteiger partial charge in [-0.2, -0.15) is 13.2 Å². The van der Waals surface area contributed by atoms with Crippen LogP contribution in [0.4, 0.5) is 22.0 Å². The van der Waals surface area contributed by atoms with Crippen LogP contribution in [0.5, 0.6) is 5.75 Å². The van der Waals surface area contributed by atoms with Crippen LogP contribution >= 0.6 is 15.9 Å². The lowest BCUT2D eigenvalue weighted by atomic mass is 10.2. The fourth-order valence-electron chi connectivity index (χ4n) is 1.01. The van der Waals surface area contributed by atoms with Crippen molar-refractivity contribution >= 4 is 15.9 Å². The smallest absolute Gasteiger partial charge is 0.433 e. The molecule has 0 aromatic carbocycles. The van der Waals surface area contributed by atoms with E-state index in [-0.39, 0.29) is 10.9 Å². The largest absolute Gasteiger partial charge is 0.505 e. The van der Waals surface area contributed by atoms with Gasteiger partial charge in [-0.1, -0.05) is 15.9 Å². The third kappa shape index (κ3) is 2.60. The molecule has 1 aromatic heterocycles. The van der Waals surface area contributed by atoms with Crippen molar-refractivity contribution in [1.82, 2.24) is 4.98 Å². The maximum Gasteiger partial charge on any atom is 0.433 e. The second-order valence-electron chi connectivity index (χ2n) is 2.83. The molecule has 1 heterocycles. The Bertz CT molecular complexity index is 393. The molecule has 0 saturated heterocycles. The zero-order valence-corrected chi connectivity index (χ0v) is 9.11. The van der Waals surface area contributed by atoms with Crippen molar-refractivity contribution in [1.29, 1.82) is 0 Å². The van der Waals surface area contributed by atoms with Crippen molar-refractivity contribution < 1.29 is 27.1 Å². The highest BCUT2D eigenvalue weighted by Crippen LogP contribution is 2.36. The maximum atomic E-state index is 12.3. The first-order valence-corrected chi connectivity index (χ1v) is 5.03. The summed E-state index contributed by atoms with van der Waals surface area (Å²) in [6.07, 6.45) is -8.09. The number of aromatic nitrogens is 1. The van der Waals surface area contributed by atoms with Crippen LogP contribution < -0.4 is 0 Å². The molecule has 0 aliphatic heterocycles. The number of hydrogen-bond acceptors (Lipinski definition) is 2. The molecule has 16 heavy (non-hydrogen) atoms. The van der Waals surface area contributed by atoms with E-state index in [0.29, 0.717) is 6.07 Å². The Labute approximate surface area is 95.2 Å². The number of halogens is 6. The van der Waals surface area contributed by atoms with Gasteiger partial charge >= 0.3 is 6.18 Å². The van der Waals surface area contributed by atoms with Crippen molar-refractivity contribution in [3.8, 4) is 5.75 Å². The lowest BCUT2D eigenvalue weighted by Gasteiger charge is -2.12. The van der Waals surface area contributed by atoms with Crippen molar-refractivity contribution in [3.63, 3.8) is 0 Å². The van der Waals surface area contributed by atoms with Crippen LogP contribution in [-0.4, -0.2) is 10.1 Å². The number of alkyl halides is 6. The molecule has 2 nitrogen and oxygen atoms in total. The minimum Gasteiger partial charge on any atom is -0.505 e. The SMILES string of the molecule is Oc1c(CBr)cc(C(F)(F)F)nc1C(F)F. The number of pyridine rings is 1. The molecule has 0 unspecified atom stereocenters. The topological polar surface area (TPSA) is 33.1 Å². The van der Waals surface area contributed by atoms with Crippen LogP contribution in [0, 0.1) is 0 Å². The van der Waals surface area contributed by atoms with E-state index in [2.05, 4.69) is 20.9 Å². The molecule has 0 amide bonds. The summed E-state index contributed by atoms with van der Waals surface area (Å²) >= 11 is 2.79. The van der Waals surface area contributed by atoms with Gasteiger partial charge in [-0.3, -0.25) is 0 Å². The third-order valence-corrected chi connectivity index (χ3v) is 2.34. The van der Waals surface area contributed by atoms with E-state index in [4.69, 9.17) is 0 Å². The van der Waals surface area contributed by atoms with Gasteiger partial charge in [-0.25, -0.2) is 13.8 Å². The minimum absolute atomic E-state index is 0.176. The van der Waals surface area contributed by atoms with E-state index in [9.17, 15) is 27.1 Å². The van der Waals surface area contributed by atoms with Crippen molar-refractivity contribution in [2.24, 2.45) is 0 Å². The van der Waals surface area contributed by atoms with Crippen molar-refractivity contribution in [3.05, 3.63) is 23.0 Å². The Kier molecular flexibility index (Phi) is 3.72. The van der Waals surface area contributed by atoms with Gasteiger partial charge in [0.15, 0.2) is 0 Å². The van der Waals surface area contributed by atoms with Crippen molar-refractivity contribution in [2.45, 2.75) is 17.9 Å². The summed E-state index contributed by atoms with van der Waals surface area (Å²) in [6.45, 7) is 0. The summed E-state index contributed by atoms with van der Waals surface area (Å²) < 4.78 is 61.4. The van der Waals surface area contributed by atoms with E-state index in [0.717, 1.165) is 0 Å². The van der Waals surface area contributed by atoms with Crippen LogP contribution in [0.25, 0.3) is 0 Å². The van der Waals surface area contributed by atoms with Crippen molar-refractivity contribution in [2.75, 3.05) is 0 Å².